The minimum Gasteiger partial charge on any atom is -0.322 e. The molecule has 0 bridgehead atoms. The number of anilines is 2. The number of aryl methyl sites for hydroxylation is 1. The zero-order valence-corrected chi connectivity index (χ0v) is 19.3. The number of para-hydroxylation sites is 1. The molecule has 0 spiro atoms. The van der Waals surface area contributed by atoms with Crippen LogP contribution in [0.15, 0.2) is 58.0 Å². The van der Waals surface area contributed by atoms with E-state index in [1.54, 1.807) is 11.9 Å². The van der Waals surface area contributed by atoms with Gasteiger partial charge in [0.15, 0.2) is 0 Å². The third kappa shape index (κ3) is 3.62. The molecule has 1 aliphatic carbocycles. The van der Waals surface area contributed by atoms with E-state index in [4.69, 9.17) is 4.99 Å². The number of amides is 2. The number of benzene rings is 2. The van der Waals surface area contributed by atoms with Gasteiger partial charge in [0.2, 0.25) is 0 Å². The van der Waals surface area contributed by atoms with Crippen LogP contribution in [0.2, 0.25) is 0 Å². The van der Waals surface area contributed by atoms with Crippen molar-refractivity contribution in [2.75, 3.05) is 17.3 Å². The van der Waals surface area contributed by atoms with E-state index in [2.05, 4.69) is 21.2 Å². The Morgan fingerprint density at radius 2 is 1.90 bits per heavy atom. The highest BCUT2D eigenvalue weighted by atomic mass is 79.9. The van der Waals surface area contributed by atoms with Crippen molar-refractivity contribution in [3.8, 4) is 0 Å². The molecule has 0 atom stereocenters. The molecule has 2 aromatic carbocycles. The van der Waals surface area contributed by atoms with Crippen LogP contribution in [0.5, 0.6) is 0 Å². The molecular weight excluding hydrogens is 474 g/mol. The van der Waals surface area contributed by atoms with Crippen LogP contribution in [0.25, 0.3) is 0 Å². The molecule has 2 heterocycles. The minimum absolute atomic E-state index is 0.158. The Morgan fingerprint density at radius 3 is 2.71 bits per heavy atom. The van der Waals surface area contributed by atoms with Crippen molar-refractivity contribution in [1.29, 1.82) is 0 Å². The number of likely N-dealkylation sites (N-methyl/N-ethyl adjacent to an activating group) is 1. The summed E-state index contributed by atoms with van der Waals surface area (Å²) in [5, 5.41) is 3.62. The lowest BCUT2D eigenvalue weighted by Crippen LogP contribution is -2.25. The summed E-state index contributed by atoms with van der Waals surface area (Å²) in [6.07, 6.45) is 3.99. The number of hydrogen-bond donors (Lipinski definition) is 1. The fourth-order valence-electron chi connectivity index (χ4n) is 4.16. The summed E-state index contributed by atoms with van der Waals surface area (Å²) in [4.78, 5) is 33.9. The largest absolute Gasteiger partial charge is 0.322 e. The van der Waals surface area contributed by atoms with Crippen molar-refractivity contribution in [2.45, 2.75) is 25.7 Å². The van der Waals surface area contributed by atoms with Crippen molar-refractivity contribution in [1.82, 2.24) is 0 Å². The van der Waals surface area contributed by atoms with Gasteiger partial charge in [0.25, 0.3) is 11.8 Å². The summed E-state index contributed by atoms with van der Waals surface area (Å²) >= 11 is 5.03. The van der Waals surface area contributed by atoms with Crippen LogP contribution in [0.1, 0.15) is 39.2 Å². The van der Waals surface area contributed by atoms with Crippen LogP contribution in [0, 0.1) is 0 Å². The molecule has 1 N–H and O–H groups in total. The Hall–Kier alpha value is -2.77. The number of carbonyl (C=O) groups excluding carboxylic acids is 2. The normalized spacial score (nSPS) is 16.4. The first-order chi connectivity index (χ1) is 15.0. The summed E-state index contributed by atoms with van der Waals surface area (Å²) in [6.45, 7) is 0. The number of fused-ring (bicyclic) bond motifs is 2. The third-order valence-electron chi connectivity index (χ3n) is 5.71. The summed E-state index contributed by atoms with van der Waals surface area (Å²) in [7, 11) is 1.75. The van der Waals surface area contributed by atoms with E-state index in [-0.39, 0.29) is 11.8 Å². The minimum atomic E-state index is -0.168. The molecule has 2 amide bonds. The second kappa shape index (κ2) is 8.05. The van der Waals surface area contributed by atoms with E-state index in [1.807, 2.05) is 48.5 Å². The topological polar surface area (TPSA) is 61.8 Å². The fourth-order valence-corrected chi connectivity index (χ4v) is 5.79. The lowest BCUT2D eigenvalue weighted by Gasteiger charge is -2.12. The molecule has 0 unspecified atom stereocenters. The maximum atomic E-state index is 13.3. The Morgan fingerprint density at radius 1 is 1.13 bits per heavy atom. The van der Waals surface area contributed by atoms with Gasteiger partial charge in [0.05, 0.1) is 11.3 Å². The molecule has 2 aliphatic rings. The number of nitrogens with one attached hydrogen (secondary N) is 1. The molecule has 31 heavy (non-hydrogen) atoms. The monoisotopic (exact) mass is 493 g/mol. The van der Waals surface area contributed by atoms with Gasteiger partial charge in [-0.05, 0) is 61.6 Å². The molecule has 1 aromatic heterocycles. The van der Waals surface area contributed by atoms with Gasteiger partial charge in [-0.15, -0.1) is 11.3 Å². The van der Waals surface area contributed by atoms with Crippen LogP contribution in [-0.4, -0.2) is 24.6 Å². The molecule has 5 nitrogen and oxygen atoms in total. The fraction of sp³-hybridized carbons (Fsp3) is 0.208. The Bertz CT molecular complexity index is 1230. The smallest absolute Gasteiger partial charge is 0.277 e. The van der Waals surface area contributed by atoms with Crippen molar-refractivity contribution in [2.24, 2.45) is 4.99 Å². The van der Waals surface area contributed by atoms with Crippen molar-refractivity contribution in [3.05, 3.63) is 74.6 Å². The SMILES string of the molecule is CN1C(=O)C(=Nc2sc3c(c2C(=O)Nc2ccccc2)CCCC3)c2cc(Br)ccc21. The van der Waals surface area contributed by atoms with Crippen LogP contribution >= 0.6 is 27.3 Å². The lowest BCUT2D eigenvalue weighted by molar-refractivity contribution is -0.111. The van der Waals surface area contributed by atoms with Gasteiger partial charge >= 0.3 is 0 Å². The van der Waals surface area contributed by atoms with E-state index in [9.17, 15) is 9.59 Å². The van der Waals surface area contributed by atoms with Crippen LogP contribution in [-0.2, 0) is 17.6 Å². The predicted octanol–water partition coefficient (Wildman–Crippen LogP) is 5.74. The molecular formula is C24H20BrN3O2S. The second-order valence-electron chi connectivity index (χ2n) is 7.70. The summed E-state index contributed by atoms with van der Waals surface area (Å²) < 4.78 is 0.884. The Kier molecular flexibility index (Phi) is 5.24. The highest BCUT2D eigenvalue weighted by molar-refractivity contribution is 9.10. The highest BCUT2D eigenvalue weighted by Gasteiger charge is 2.33. The van der Waals surface area contributed by atoms with Crippen LogP contribution in [0.3, 0.4) is 0 Å². The standard InChI is InChI=1S/C24H20BrN3O2S/c1-28-18-12-11-14(25)13-17(18)21(24(28)30)27-23-20(16-9-5-6-10-19(16)31-23)22(29)26-15-7-3-2-4-8-15/h2-4,7-8,11-13H,5-6,9-10H2,1H3,(H,26,29). The lowest BCUT2D eigenvalue weighted by atomic mass is 9.95. The van der Waals surface area contributed by atoms with Gasteiger partial charge in [-0.1, -0.05) is 34.1 Å². The predicted molar refractivity (Wildman–Crippen MR) is 129 cm³/mol. The van der Waals surface area contributed by atoms with E-state index < -0.39 is 0 Å². The summed E-state index contributed by atoms with van der Waals surface area (Å²) in [6, 6.07) is 15.2. The molecule has 1 aliphatic heterocycles. The zero-order valence-electron chi connectivity index (χ0n) is 16.9. The van der Waals surface area contributed by atoms with E-state index in [0.29, 0.717) is 16.3 Å². The quantitative estimate of drug-likeness (QED) is 0.505. The third-order valence-corrected chi connectivity index (χ3v) is 7.39. The Labute approximate surface area is 192 Å². The van der Waals surface area contributed by atoms with E-state index in [0.717, 1.165) is 52.7 Å². The van der Waals surface area contributed by atoms with Crippen molar-refractivity contribution in [3.63, 3.8) is 0 Å². The van der Waals surface area contributed by atoms with Gasteiger partial charge in [-0.3, -0.25) is 9.59 Å². The number of carbonyl (C=O) groups is 2. The number of nitrogens with zero attached hydrogens (tertiary/aromatic N) is 2. The maximum Gasteiger partial charge on any atom is 0.277 e. The summed E-state index contributed by atoms with van der Waals surface area (Å²) in [5.74, 6) is -0.327. The number of thiophene rings is 1. The maximum absolute atomic E-state index is 13.3. The van der Waals surface area contributed by atoms with Gasteiger partial charge in [-0.25, -0.2) is 4.99 Å². The van der Waals surface area contributed by atoms with Gasteiger partial charge in [0, 0.05) is 27.6 Å². The molecule has 5 rings (SSSR count). The van der Waals surface area contributed by atoms with Gasteiger partial charge in [0.1, 0.15) is 10.7 Å². The van der Waals surface area contributed by atoms with Crippen LogP contribution in [0.4, 0.5) is 16.4 Å². The molecule has 0 fully saturated rings. The number of aliphatic imine (C=N–C) groups is 1. The molecule has 7 heteroatoms. The molecule has 3 aromatic rings. The molecule has 0 radical (unpaired) electrons. The number of halogens is 1. The van der Waals surface area contributed by atoms with Crippen molar-refractivity contribution >= 4 is 61.2 Å². The molecule has 156 valence electrons. The van der Waals surface area contributed by atoms with E-state index >= 15 is 0 Å². The molecule has 0 saturated carbocycles. The first-order valence-electron chi connectivity index (χ1n) is 10.2. The average Bonchev–Trinajstić information content (AvgIpc) is 3.25. The van der Waals surface area contributed by atoms with Crippen LogP contribution < -0.4 is 10.2 Å². The zero-order chi connectivity index (χ0) is 21.5. The summed E-state index contributed by atoms with van der Waals surface area (Å²) in [5.41, 5.74) is 4.41. The first-order valence-corrected chi connectivity index (χ1v) is 11.8. The Balaban J connectivity index is 1.62. The highest BCUT2D eigenvalue weighted by Crippen LogP contribution is 2.42. The van der Waals surface area contributed by atoms with Gasteiger partial charge in [-0.2, -0.15) is 0 Å². The number of hydrogen-bond acceptors (Lipinski definition) is 4. The second-order valence-corrected chi connectivity index (χ2v) is 9.70. The number of rotatable bonds is 3. The van der Waals surface area contributed by atoms with E-state index in [1.165, 1.54) is 16.2 Å². The first kappa shape index (κ1) is 20.2. The van der Waals surface area contributed by atoms with Gasteiger partial charge < -0.3 is 10.2 Å². The van der Waals surface area contributed by atoms with Crippen molar-refractivity contribution < 1.29 is 9.59 Å². The average molecular weight is 494 g/mol. The molecule has 0 saturated heterocycles.